The van der Waals surface area contributed by atoms with Crippen LogP contribution in [0.5, 0.6) is 0 Å². The molecule has 2 unspecified atom stereocenters. The Morgan fingerprint density at radius 1 is 1.11 bits per heavy atom. The van der Waals surface area contributed by atoms with Crippen molar-refractivity contribution in [3.05, 3.63) is 54.1 Å². The van der Waals surface area contributed by atoms with Gasteiger partial charge in [-0.2, -0.15) is 15.3 Å². The van der Waals surface area contributed by atoms with Crippen LogP contribution in [0, 0.1) is 0 Å². The summed E-state index contributed by atoms with van der Waals surface area (Å²) in [5.74, 6) is -1.33. The fraction of sp³-hybridized carbons (Fsp3) is 0.263. The summed E-state index contributed by atoms with van der Waals surface area (Å²) in [6.45, 7) is 0.492. The van der Waals surface area contributed by atoms with Gasteiger partial charge in [0.05, 0.1) is 34.6 Å². The Labute approximate surface area is 257 Å². The normalized spacial score (nSPS) is 17.7. The summed E-state index contributed by atoms with van der Waals surface area (Å²) < 4.78 is 61.6. The van der Waals surface area contributed by atoms with E-state index in [2.05, 4.69) is 24.2 Å². The number of azo groups is 1. The van der Waals surface area contributed by atoms with Crippen LogP contribution in [0.2, 0.25) is 0 Å². The molecule has 0 saturated heterocycles. The van der Waals surface area contributed by atoms with Crippen molar-refractivity contribution in [3.8, 4) is 0 Å². The molecule has 1 heterocycles. The van der Waals surface area contributed by atoms with Crippen molar-refractivity contribution >= 4 is 43.5 Å². The van der Waals surface area contributed by atoms with Gasteiger partial charge < -0.3 is 19.6 Å². The zero-order chi connectivity index (χ0) is 25.8. The van der Waals surface area contributed by atoms with Gasteiger partial charge in [0.15, 0.2) is 6.17 Å². The van der Waals surface area contributed by atoms with Crippen LogP contribution in [0.25, 0.3) is 0 Å². The van der Waals surface area contributed by atoms with E-state index in [-0.39, 0.29) is 75.3 Å². The van der Waals surface area contributed by atoms with Gasteiger partial charge in [0, 0.05) is 6.54 Å². The van der Waals surface area contributed by atoms with Gasteiger partial charge in [-0.25, -0.2) is 26.6 Å². The first-order valence-electron chi connectivity index (χ1n) is 9.82. The predicted octanol–water partition coefficient (Wildman–Crippen LogP) is -6.52. The first-order valence-corrected chi connectivity index (χ1v) is 12.6. The van der Waals surface area contributed by atoms with E-state index in [1.807, 2.05) is 0 Å². The molecule has 2 aromatic carbocycles. The minimum atomic E-state index is -4.92. The van der Waals surface area contributed by atoms with Crippen molar-refractivity contribution < 1.29 is 99.7 Å². The van der Waals surface area contributed by atoms with E-state index in [0.717, 1.165) is 0 Å². The Kier molecular flexibility index (Phi) is 13.0. The van der Waals surface area contributed by atoms with Crippen molar-refractivity contribution in [1.82, 2.24) is 4.72 Å². The van der Waals surface area contributed by atoms with E-state index >= 15 is 0 Å². The summed E-state index contributed by atoms with van der Waals surface area (Å²) in [7, 11) is -8.93. The number of hydrogen-bond donors (Lipinski definition) is 2. The van der Waals surface area contributed by atoms with Gasteiger partial charge in [0.25, 0.3) is 0 Å². The van der Waals surface area contributed by atoms with Gasteiger partial charge in [-0.15, -0.1) is 0 Å². The number of hydrazone groups is 1. The van der Waals surface area contributed by atoms with Gasteiger partial charge in [-0.05, 0) is 48.9 Å². The van der Waals surface area contributed by atoms with E-state index in [1.54, 1.807) is 6.92 Å². The molecule has 1 aliphatic rings. The Balaban J connectivity index is 0.00000342. The molecule has 0 radical (unpaired) electrons. The smallest absolute Gasteiger partial charge is 0.726 e. The Bertz CT molecular complexity index is 1350. The molecule has 2 N–H and O–H groups in total. The minimum absolute atomic E-state index is 0. The minimum Gasteiger partial charge on any atom is -0.726 e. The van der Waals surface area contributed by atoms with Crippen LogP contribution in [0.15, 0.2) is 68.8 Å². The van der Waals surface area contributed by atoms with Gasteiger partial charge >= 0.3 is 59.1 Å². The van der Waals surface area contributed by atoms with Gasteiger partial charge in [0.1, 0.15) is 6.10 Å². The topological polar surface area (TPSA) is 213 Å². The van der Waals surface area contributed by atoms with E-state index in [0.29, 0.717) is 11.4 Å². The van der Waals surface area contributed by atoms with Gasteiger partial charge in [-0.1, -0.05) is 12.1 Å². The number of benzene rings is 2. The first-order chi connectivity index (χ1) is 16.4. The SMILES string of the molecule is CC1=NN(c2ccc(C(=O)[O-])cc2)C(N=Nc2ccc(S(=O)(=O)NCCOS(=O)(=O)[O-])cc2)C1O.[Na+].[Na+]. The average Bonchev–Trinajstić information content (AvgIpc) is 3.08. The number of carboxylic acid groups (broad SMARTS) is 1. The molecule has 14 nitrogen and oxygen atoms in total. The first kappa shape index (κ1) is 33.7. The summed E-state index contributed by atoms with van der Waals surface area (Å²) in [4.78, 5) is 10.8. The number of carboxylic acids is 1. The molecule has 188 valence electrons. The molecule has 1 aliphatic heterocycles. The van der Waals surface area contributed by atoms with Gasteiger partial charge in [-0.3, -0.25) is 4.18 Å². The number of rotatable bonds is 10. The molecule has 0 aliphatic carbocycles. The number of hydrogen-bond acceptors (Lipinski definition) is 13. The van der Waals surface area contributed by atoms with Crippen LogP contribution in [0.1, 0.15) is 17.3 Å². The number of carbonyl (C=O) groups excluding carboxylic acids is 1. The molecule has 3 rings (SSSR count). The van der Waals surface area contributed by atoms with Crippen molar-refractivity contribution in [3.63, 3.8) is 0 Å². The molecular weight excluding hydrogens is 552 g/mol. The average molecular weight is 572 g/mol. The Hall–Kier alpha value is -1.28. The number of aliphatic hydroxyl groups excluding tert-OH is 1. The number of nitrogens with zero attached hydrogens (tertiary/aromatic N) is 4. The standard InChI is InChI=1S/C19H21N5O9S2.2Na/c1-12-17(25)18(24(23-12)15-6-2-13(3-7-15)19(26)27)22-21-14-4-8-16(9-5-14)34(28,29)20-10-11-33-35(30,31)32;;/h2-9,17-18,20,25H,10-11H2,1H3,(H,26,27)(H,30,31,32);;/q;2*+1/p-2. The van der Waals surface area contributed by atoms with Crippen molar-refractivity contribution in [2.24, 2.45) is 15.3 Å². The number of nitrogens with one attached hydrogen (secondary N) is 1. The monoisotopic (exact) mass is 571 g/mol. The fourth-order valence-electron chi connectivity index (χ4n) is 2.93. The molecule has 2 aromatic rings. The summed E-state index contributed by atoms with van der Waals surface area (Å²) in [6, 6.07) is 10.8. The largest absolute Gasteiger partial charge is 1.00 e. The zero-order valence-corrected chi connectivity index (χ0v) is 25.6. The second kappa shape index (κ2) is 14.2. The molecule has 0 aromatic heterocycles. The van der Waals surface area contributed by atoms with E-state index in [4.69, 9.17) is 0 Å². The fourth-order valence-corrected chi connectivity index (χ4v) is 4.23. The van der Waals surface area contributed by atoms with Gasteiger partial charge in [0.2, 0.25) is 20.4 Å². The molecule has 18 heteroatoms. The molecule has 0 saturated carbocycles. The van der Waals surface area contributed by atoms with Crippen molar-refractivity contribution in [2.45, 2.75) is 24.1 Å². The molecule has 0 bridgehead atoms. The predicted molar refractivity (Wildman–Crippen MR) is 118 cm³/mol. The summed E-state index contributed by atoms with van der Waals surface area (Å²) in [5.41, 5.74) is 1.05. The van der Waals surface area contributed by atoms with Crippen molar-refractivity contribution in [1.29, 1.82) is 0 Å². The number of anilines is 1. The zero-order valence-electron chi connectivity index (χ0n) is 20.0. The summed E-state index contributed by atoms with van der Waals surface area (Å²) in [5, 5.41) is 35.1. The third-order valence-electron chi connectivity index (χ3n) is 4.65. The molecule has 37 heavy (non-hydrogen) atoms. The third kappa shape index (κ3) is 9.45. The second-order valence-electron chi connectivity index (χ2n) is 7.12. The number of aliphatic hydroxyl groups is 1. The quantitative estimate of drug-likeness (QED) is 0.0904. The third-order valence-corrected chi connectivity index (χ3v) is 6.59. The molecule has 0 amide bonds. The number of carbonyl (C=O) groups is 1. The van der Waals surface area contributed by atoms with E-state index in [1.165, 1.54) is 53.5 Å². The summed E-state index contributed by atoms with van der Waals surface area (Å²) in [6.07, 6.45) is -2.05. The summed E-state index contributed by atoms with van der Waals surface area (Å²) >= 11 is 0. The van der Waals surface area contributed by atoms with Crippen LogP contribution >= 0.6 is 0 Å². The molecule has 0 fully saturated rings. The number of sulfonamides is 1. The van der Waals surface area contributed by atoms with Crippen LogP contribution < -0.4 is 74.0 Å². The maximum atomic E-state index is 12.2. The van der Waals surface area contributed by atoms with E-state index in [9.17, 15) is 36.4 Å². The molecule has 2 atom stereocenters. The maximum Gasteiger partial charge on any atom is 1.00 e. The van der Waals surface area contributed by atoms with Crippen LogP contribution in [-0.2, 0) is 24.6 Å². The van der Waals surface area contributed by atoms with Crippen LogP contribution in [0.4, 0.5) is 11.4 Å². The van der Waals surface area contributed by atoms with Crippen molar-refractivity contribution in [2.75, 3.05) is 18.2 Å². The van der Waals surface area contributed by atoms with E-state index < -0.39 is 51.8 Å². The van der Waals surface area contributed by atoms with Crippen LogP contribution in [0.3, 0.4) is 0 Å². The Morgan fingerprint density at radius 2 is 1.70 bits per heavy atom. The Morgan fingerprint density at radius 3 is 2.24 bits per heavy atom. The maximum absolute atomic E-state index is 12.2. The van der Waals surface area contributed by atoms with Crippen LogP contribution in [-0.4, -0.2) is 63.6 Å². The second-order valence-corrected chi connectivity index (χ2v) is 9.94. The molecule has 0 spiro atoms. The number of aromatic carboxylic acids is 1. The molecular formula is C19H19N5Na2O9S2.